The summed E-state index contributed by atoms with van der Waals surface area (Å²) < 4.78 is 54.4. The van der Waals surface area contributed by atoms with Gasteiger partial charge in [-0.15, -0.1) is 5.10 Å². The van der Waals surface area contributed by atoms with Crippen molar-refractivity contribution in [2.75, 3.05) is 7.11 Å². The Morgan fingerprint density at radius 3 is 2.61 bits per heavy atom. The second kappa shape index (κ2) is 9.64. The number of sulfonamides is 1. The summed E-state index contributed by atoms with van der Waals surface area (Å²) in [6.45, 7) is 4.45. The molecule has 1 aromatic heterocycles. The monoisotopic (exact) mass is 499 g/mol. The topological polar surface area (TPSA) is 135 Å². The highest BCUT2D eigenvalue weighted by Crippen LogP contribution is 2.37. The lowest BCUT2D eigenvalue weighted by molar-refractivity contribution is 0.276. The molecule has 3 N–H and O–H groups in total. The van der Waals surface area contributed by atoms with E-state index >= 15 is 0 Å². The number of aliphatic hydroxyl groups excluding tert-OH is 1. The molecule has 0 unspecified atom stereocenters. The van der Waals surface area contributed by atoms with Crippen LogP contribution >= 0.6 is 11.6 Å². The Labute approximate surface area is 194 Å². The van der Waals surface area contributed by atoms with E-state index < -0.39 is 40.2 Å². The minimum absolute atomic E-state index is 0.0142. The molecule has 3 rings (SSSR count). The minimum Gasteiger partial charge on any atom is -0.495 e. The van der Waals surface area contributed by atoms with Gasteiger partial charge in [-0.2, -0.15) is 4.72 Å². The second-order valence-corrected chi connectivity index (χ2v) is 9.58. The summed E-state index contributed by atoms with van der Waals surface area (Å²) in [5, 5.41) is 15.8. The number of ether oxygens (including phenoxy) is 1. The quantitative estimate of drug-likeness (QED) is 0.433. The Morgan fingerprint density at radius 2 is 2.03 bits per heavy atom. The van der Waals surface area contributed by atoms with Crippen molar-refractivity contribution in [3.63, 3.8) is 0 Å². The number of benzene rings is 2. The van der Waals surface area contributed by atoms with E-state index in [0.29, 0.717) is 5.56 Å². The zero-order chi connectivity index (χ0) is 24.5. The Morgan fingerprint density at radius 1 is 1.33 bits per heavy atom. The van der Waals surface area contributed by atoms with Crippen LogP contribution in [-0.2, 0) is 16.6 Å². The molecule has 178 valence electrons. The molecule has 1 heterocycles. The van der Waals surface area contributed by atoms with Crippen molar-refractivity contribution in [3.8, 4) is 5.75 Å². The Balaban J connectivity index is 2.17. The van der Waals surface area contributed by atoms with Crippen molar-refractivity contribution in [2.45, 2.75) is 44.2 Å². The van der Waals surface area contributed by atoms with Crippen LogP contribution in [-0.4, -0.2) is 30.8 Å². The standard InChI is InChI=1S/C21H23ClFN3O6S/c1-10-5-6-15(23)17(11(10)2)12(3)18(20-24-25-21(28)32-20)26-33(29,30)19-13(9-27)7-14(22)8-16(19)31-4/h5-8,12,18,26-27H,9H2,1-4H3,(H,25,28)/t12-,18+/m1/s1. The zero-order valence-electron chi connectivity index (χ0n) is 18.3. The highest BCUT2D eigenvalue weighted by Gasteiger charge is 2.35. The SMILES string of the molecule is COc1cc(Cl)cc(CO)c1S(=O)(=O)N[C@H](c1n[nH]c(=O)o1)[C@H](C)c1c(F)ccc(C)c1C. The molecule has 0 aliphatic carbocycles. The number of halogens is 2. The average molecular weight is 500 g/mol. The number of hydrogen-bond donors (Lipinski definition) is 3. The van der Waals surface area contributed by atoms with Gasteiger partial charge < -0.3 is 14.3 Å². The van der Waals surface area contributed by atoms with Crippen molar-refractivity contribution in [2.24, 2.45) is 0 Å². The van der Waals surface area contributed by atoms with Crippen LogP contribution in [0.2, 0.25) is 5.02 Å². The molecule has 0 radical (unpaired) electrons. The van der Waals surface area contributed by atoms with Gasteiger partial charge in [-0.25, -0.2) is 22.7 Å². The highest BCUT2D eigenvalue weighted by molar-refractivity contribution is 7.89. The van der Waals surface area contributed by atoms with Gasteiger partial charge in [0, 0.05) is 22.6 Å². The number of nitrogens with zero attached hydrogens (tertiary/aromatic N) is 1. The van der Waals surface area contributed by atoms with Crippen LogP contribution in [0.25, 0.3) is 0 Å². The van der Waals surface area contributed by atoms with Crippen LogP contribution < -0.4 is 15.2 Å². The third-order valence-electron chi connectivity index (χ3n) is 5.45. The molecule has 0 saturated carbocycles. The second-order valence-electron chi connectivity index (χ2n) is 7.50. The summed E-state index contributed by atoms with van der Waals surface area (Å²) in [4.78, 5) is 11.3. The molecule has 0 aliphatic heterocycles. The molecule has 0 spiro atoms. The fourth-order valence-corrected chi connectivity index (χ4v) is 5.56. The van der Waals surface area contributed by atoms with Crippen LogP contribution in [0.5, 0.6) is 5.75 Å². The number of aryl methyl sites for hydroxylation is 1. The van der Waals surface area contributed by atoms with Crippen molar-refractivity contribution in [3.05, 3.63) is 73.8 Å². The van der Waals surface area contributed by atoms with Gasteiger partial charge in [-0.05, 0) is 42.7 Å². The van der Waals surface area contributed by atoms with Gasteiger partial charge in [-0.3, -0.25) is 0 Å². The maximum absolute atomic E-state index is 14.8. The van der Waals surface area contributed by atoms with Crippen LogP contribution in [0.1, 0.15) is 47.0 Å². The van der Waals surface area contributed by atoms with E-state index in [1.54, 1.807) is 26.8 Å². The van der Waals surface area contributed by atoms with E-state index in [4.69, 9.17) is 20.8 Å². The first kappa shape index (κ1) is 24.9. The van der Waals surface area contributed by atoms with Gasteiger partial charge in [0.25, 0.3) is 0 Å². The fourth-order valence-electron chi connectivity index (χ4n) is 3.69. The molecular formula is C21H23ClFN3O6S. The first-order chi connectivity index (χ1) is 15.5. The fraction of sp³-hybridized carbons (Fsp3) is 0.333. The lowest BCUT2D eigenvalue weighted by Gasteiger charge is -2.25. The molecule has 12 heteroatoms. The van der Waals surface area contributed by atoms with E-state index in [1.165, 1.54) is 25.3 Å². The normalized spacial score (nSPS) is 13.7. The van der Waals surface area contributed by atoms with E-state index in [2.05, 4.69) is 14.9 Å². The molecule has 2 atom stereocenters. The van der Waals surface area contributed by atoms with Crippen LogP contribution in [0.15, 0.2) is 38.4 Å². The van der Waals surface area contributed by atoms with Gasteiger partial charge in [0.15, 0.2) is 0 Å². The summed E-state index contributed by atoms with van der Waals surface area (Å²) in [7, 11) is -3.17. The van der Waals surface area contributed by atoms with Crippen LogP contribution in [0.4, 0.5) is 4.39 Å². The number of hydrogen-bond acceptors (Lipinski definition) is 7. The van der Waals surface area contributed by atoms with Crippen molar-refractivity contribution >= 4 is 21.6 Å². The molecule has 9 nitrogen and oxygen atoms in total. The summed E-state index contributed by atoms with van der Waals surface area (Å²) in [6, 6.07) is 4.19. The molecule has 0 aliphatic rings. The van der Waals surface area contributed by atoms with Gasteiger partial charge in [0.05, 0.1) is 13.7 Å². The van der Waals surface area contributed by atoms with Gasteiger partial charge in [0.2, 0.25) is 15.9 Å². The molecule has 2 aromatic carbocycles. The molecule has 33 heavy (non-hydrogen) atoms. The molecule has 0 fully saturated rings. The summed E-state index contributed by atoms with van der Waals surface area (Å²) in [5.41, 5.74) is 1.63. The summed E-state index contributed by atoms with van der Waals surface area (Å²) in [5.74, 6) is -2.68. The number of rotatable bonds is 8. The molecular weight excluding hydrogens is 477 g/mol. The van der Waals surface area contributed by atoms with Gasteiger partial charge in [0.1, 0.15) is 22.5 Å². The van der Waals surface area contributed by atoms with E-state index in [0.717, 1.165) is 5.56 Å². The molecule has 3 aromatic rings. The zero-order valence-corrected chi connectivity index (χ0v) is 19.8. The van der Waals surface area contributed by atoms with E-state index in [9.17, 15) is 22.7 Å². The molecule has 0 saturated heterocycles. The lowest BCUT2D eigenvalue weighted by atomic mass is 9.88. The summed E-state index contributed by atoms with van der Waals surface area (Å²) >= 11 is 6.00. The average Bonchev–Trinajstić information content (AvgIpc) is 3.19. The summed E-state index contributed by atoms with van der Waals surface area (Å²) in [6.07, 6.45) is 0. The number of aliphatic hydroxyl groups is 1. The largest absolute Gasteiger partial charge is 0.495 e. The Hall–Kier alpha value is -2.73. The molecule has 0 amide bonds. The first-order valence-corrected chi connectivity index (χ1v) is 11.7. The van der Waals surface area contributed by atoms with E-state index in [1.807, 2.05) is 0 Å². The smallest absolute Gasteiger partial charge is 0.434 e. The van der Waals surface area contributed by atoms with Crippen LogP contribution in [0, 0.1) is 19.7 Å². The number of H-pyrrole nitrogens is 1. The van der Waals surface area contributed by atoms with Crippen LogP contribution in [0.3, 0.4) is 0 Å². The van der Waals surface area contributed by atoms with Crippen molar-refractivity contribution < 1.29 is 27.1 Å². The lowest BCUT2D eigenvalue weighted by Crippen LogP contribution is -2.33. The first-order valence-electron chi connectivity index (χ1n) is 9.80. The Bertz CT molecular complexity index is 1310. The number of methoxy groups -OCH3 is 1. The predicted molar refractivity (Wildman–Crippen MR) is 118 cm³/mol. The minimum atomic E-state index is -4.42. The third kappa shape index (κ3) is 4.96. The highest BCUT2D eigenvalue weighted by atomic mass is 35.5. The maximum atomic E-state index is 14.8. The van der Waals surface area contributed by atoms with E-state index in [-0.39, 0.29) is 32.7 Å². The third-order valence-corrected chi connectivity index (χ3v) is 7.23. The van der Waals surface area contributed by atoms with Gasteiger partial charge >= 0.3 is 5.76 Å². The van der Waals surface area contributed by atoms with Gasteiger partial charge in [-0.1, -0.05) is 24.6 Å². The van der Waals surface area contributed by atoms with Crippen molar-refractivity contribution in [1.29, 1.82) is 0 Å². The number of aromatic nitrogens is 2. The Kier molecular flexibility index (Phi) is 7.27. The predicted octanol–water partition coefficient (Wildman–Crippen LogP) is 3.10. The molecule has 0 bridgehead atoms. The number of aromatic amines is 1. The number of nitrogens with one attached hydrogen (secondary N) is 2. The van der Waals surface area contributed by atoms with Crippen molar-refractivity contribution in [1.82, 2.24) is 14.9 Å². The maximum Gasteiger partial charge on any atom is 0.434 e.